The molecule has 0 aliphatic heterocycles. The summed E-state index contributed by atoms with van der Waals surface area (Å²) in [5.41, 5.74) is 1.65. The van der Waals surface area contributed by atoms with E-state index in [-0.39, 0.29) is 29.4 Å². The average Bonchev–Trinajstić information content (AvgIpc) is 3.18. The van der Waals surface area contributed by atoms with Gasteiger partial charge in [-0.05, 0) is 36.6 Å². The zero-order valence-corrected chi connectivity index (χ0v) is 17.6. The van der Waals surface area contributed by atoms with Crippen LogP contribution in [0, 0.1) is 0 Å². The second-order valence-electron chi connectivity index (χ2n) is 5.91. The summed E-state index contributed by atoms with van der Waals surface area (Å²) >= 11 is 3.56. The second-order valence-corrected chi connectivity index (χ2v) is 6.83. The highest BCUT2D eigenvalue weighted by Gasteiger charge is 2.44. The van der Waals surface area contributed by atoms with Gasteiger partial charge in [0.2, 0.25) is 0 Å². The molecule has 7 heteroatoms. The third kappa shape index (κ3) is 4.95. The molecule has 24 heavy (non-hydrogen) atoms. The molecule has 0 spiro atoms. The number of hydrogen-bond donors (Lipinski definition) is 2. The third-order valence-electron chi connectivity index (χ3n) is 4.30. The molecule has 0 atom stereocenters. The first kappa shape index (κ1) is 19.2. The quantitative estimate of drug-likeness (QED) is 0.361. The predicted molar refractivity (Wildman–Crippen MR) is 112 cm³/mol. The number of halogens is 2. The van der Waals surface area contributed by atoms with Crippen molar-refractivity contribution in [3.63, 3.8) is 0 Å². The van der Waals surface area contributed by atoms with E-state index in [0.29, 0.717) is 0 Å². The van der Waals surface area contributed by atoms with E-state index in [9.17, 15) is 0 Å². The van der Waals surface area contributed by atoms with Crippen LogP contribution in [-0.2, 0) is 12.0 Å². The van der Waals surface area contributed by atoms with Gasteiger partial charge in [-0.3, -0.25) is 9.67 Å². The molecule has 3 rings (SSSR count). The van der Waals surface area contributed by atoms with Gasteiger partial charge >= 0.3 is 0 Å². The van der Waals surface area contributed by atoms with Gasteiger partial charge in [-0.2, -0.15) is 5.10 Å². The van der Waals surface area contributed by atoms with Crippen LogP contribution < -0.4 is 10.6 Å². The summed E-state index contributed by atoms with van der Waals surface area (Å²) in [6.45, 7) is 2.53. The molecule has 1 fully saturated rings. The molecular formula is C17H23BrIN5. The van der Waals surface area contributed by atoms with Gasteiger partial charge in [0.1, 0.15) is 0 Å². The standard InChI is InChI=1S/C17H22BrN5.HI/c1-19-16(20-9-11-23-10-3-8-22-23)21-13-17(6-7-17)14-4-2-5-15(18)12-14;/h2-5,8,10,12H,6-7,9,11,13H2,1H3,(H2,19,20,21);1H. The summed E-state index contributed by atoms with van der Waals surface area (Å²) in [6.07, 6.45) is 6.20. The molecule has 1 aromatic heterocycles. The van der Waals surface area contributed by atoms with E-state index in [1.807, 2.05) is 24.0 Å². The van der Waals surface area contributed by atoms with Crippen LogP contribution in [0.2, 0.25) is 0 Å². The van der Waals surface area contributed by atoms with Crippen molar-refractivity contribution in [3.8, 4) is 0 Å². The van der Waals surface area contributed by atoms with E-state index >= 15 is 0 Å². The fourth-order valence-corrected chi connectivity index (χ4v) is 3.13. The summed E-state index contributed by atoms with van der Waals surface area (Å²) in [7, 11) is 1.81. The second kappa shape index (κ2) is 8.84. The molecule has 1 aliphatic carbocycles. The van der Waals surface area contributed by atoms with Crippen molar-refractivity contribution in [2.45, 2.75) is 24.8 Å². The molecule has 0 bridgehead atoms. The minimum atomic E-state index is 0. The van der Waals surface area contributed by atoms with Gasteiger partial charge in [0, 0.05) is 42.4 Å². The number of aliphatic imine (C=N–C) groups is 1. The normalized spacial score (nSPS) is 15.5. The zero-order chi connectivity index (χ0) is 16.1. The van der Waals surface area contributed by atoms with E-state index in [4.69, 9.17) is 0 Å². The topological polar surface area (TPSA) is 54.2 Å². The number of rotatable bonds is 6. The summed E-state index contributed by atoms with van der Waals surface area (Å²) in [6, 6.07) is 10.6. The molecule has 1 heterocycles. The highest BCUT2D eigenvalue weighted by molar-refractivity contribution is 14.0. The van der Waals surface area contributed by atoms with E-state index in [1.54, 1.807) is 6.20 Å². The van der Waals surface area contributed by atoms with Crippen molar-refractivity contribution in [3.05, 3.63) is 52.8 Å². The first-order valence-electron chi connectivity index (χ1n) is 7.90. The number of nitrogens with zero attached hydrogens (tertiary/aromatic N) is 3. The van der Waals surface area contributed by atoms with Crippen LogP contribution >= 0.6 is 39.9 Å². The minimum absolute atomic E-state index is 0. The Morgan fingerprint density at radius 3 is 2.79 bits per heavy atom. The van der Waals surface area contributed by atoms with Crippen LogP contribution in [0.5, 0.6) is 0 Å². The van der Waals surface area contributed by atoms with Gasteiger partial charge < -0.3 is 10.6 Å². The van der Waals surface area contributed by atoms with Crippen LogP contribution in [-0.4, -0.2) is 35.9 Å². The lowest BCUT2D eigenvalue weighted by Crippen LogP contribution is -2.42. The van der Waals surface area contributed by atoms with Crippen LogP contribution in [0.15, 0.2) is 52.2 Å². The Bertz CT molecular complexity index is 667. The molecule has 2 aromatic rings. The van der Waals surface area contributed by atoms with E-state index in [2.05, 4.69) is 60.9 Å². The Morgan fingerprint density at radius 2 is 2.17 bits per heavy atom. The van der Waals surface area contributed by atoms with Crippen molar-refractivity contribution >= 4 is 45.9 Å². The van der Waals surface area contributed by atoms with Crippen LogP contribution in [0.1, 0.15) is 18.4 Å². The minimum Gasteiger partial charge on any atom is -0.356 e. The van der Waals surface area contributed by atoms with Crippen molar-refractivity contribution in [2.75, 3.05) is 20.1 Å². The Balaban J connectivity index is 0.00000208. The summed E-state index contributed by atoms with van der Waals surface area (Å²) < 4.78 is 3.05. The largest absolute Gasteiger partial charge is 0.356 e. The lowest BCUT2D eigenvalue weighted by atomic mass is 9.96. The smallest absolute Gasteiger partial charge is 0.191 e. The first-order chi connectivity index (χ1) is 11.2. The van der Waals surface area contributed by atoms with Gasteiger partial charge in [0.05, 0.1) is 6.54 Å². The number of aromatic nitrogens is 2. The van der Waals surface area contributed by atoms with Gasteiger partial charge in [0.15, 0.2) is 5.96 Å². The van der Waals surface area contributed by atoms with Crippen molar-refractivity contribution in [2.24, 2.45) is 4.99 Å². The Kier molecular flexibility index (Phi) is 7.09. The third-order valence-corrected chi connectivity index (χ3v) is 4.79. The van der Waals surface area contributed by atoms with Crippen LogP contribution in [0.4, 0.5) is 0 Å². The Morgan fingerprint density at radius 1 is 1.33 bits per heavy atom. The van der Waals surface area contributed by atoms with Crippen molar-refractivity contribution in [1.82, 2.24) is 20.4 Å². The van der Waals surface area contributed by atoms with Gasteiger partial charge in [0.25, 0.3) is 0 Å². The SMILES string of the molecule is CN=C(NCCn1cccn1)NCC1(c2cccc(Br)c2)CC1.I. The van der Waals surface area contributed by atoms with Gasteiger partial charge in [-0.15, -0.1) is 24.0 Å². The number of hydrogen-bond acceptors (Lipinski definition) is 2. The summed E-state index contributed by atoms with van der Waals surface area (Å²) in [5, 5.41) is 11.0. The summed E-state index contributed by atoms with van der Waals surface area (Å²) in [5.74, 6) is 0.846. The fourth-order valence-electron chi connectivity index (χ4n) is 2.73. The molecule has 0 saturated heterocycles. The predicted octanol–water partition coefficient (Wildman–Crippen LogP) is 3.16. The molecule has 1 aliphatic rings. The van der Waals surface area contributed by atoms with Gasteiger partial charge in [-0.1, -0.05) is 28.1 Å². The maximum atomic E-state index is 4.30. The van der Waals surface area contributed by atoms with E-state index in [0.717, 1.165) is 30.1 Å². The maximum absolute atomic E-state index is 4.30. The van der Waals surface area contributed by atoms with E-state index < -0.39 is 0 Å². The molecular weight excluding hydrogens is 481 g/mol. The molecule has 2 N–H and O–H groups in total. The zero-order valence-electron chi connectivity index (χ0n) is 13.7. The molecule has 0 radical (unpaired) electrons. The number of benzene rings is 1. The molecule has 1 aromatic carbocycles. The molecule has 130 valence electrons. The lowest BCUT2D eigenvalue weighted by molar-refractivity contribution is 0.590. The van der Waals surface area contributed by atoms with Crippen LogP contribution in [0.25, 0.3) is 0 Å². The molecule has 5 nitrogen and oxygen atoms in total. The fraction of sp³-hybridized carbons (Fsp3) is 0.412. The lowest BCUT2D eigenvalue weighted by Gasteiger charge is -2.19. The Hall–Kier alpha value is -1.09. The monoisotopic (exact) mass is 503 g/mol. The number of nitrogens with one attached hydrogen (secondary N) is 2. The summed E-state index contributed by atoms with van der Waals surface area (Å²) in [4.78, 5) is 4.30. The van der Waals surface area contributed by atoms with Crippen molar-refractivity contribution in [1.29, 1.82) is 0 Å². The maximum Gasteiger partial charge on any atom is 0.191 e. The number of guanidine groups is 1. The molecule has 1 saturated carbocycles. The molecule has 0 amide bonds. The highest BCUT2D eigenvalue weighted by Crippen LogP contribution is 2.48. The average molecular weight is 504 g/mol. The Labute approximate surface area is 168 Å². The van der Waals surface area contributed by atoms with Crippen molar-refractivity contribution < 1.29 is 0 Å². The highest BCUT2D eigenvalue weighted by atomic mass is 127. The first-order valence-corrected chi connectivity index (χ1v) is 8.69. The van der Waals surface area contributed by atoms with E-state index in [1.165, 1.54) is 18.4 Å². The molecule has 0 unspecified atom stereocenters. The van der Waals surface area contributed by atoms with Crippen LogP contribution in [0.3, 0.4) is 0 Å². The van der Waals surface area contributed by atoms with Gasteiger partial charge in [-0.25, -0.2) is 0 Å².